The third kappa shape index (κ3) is 2.40. The van der Waals surface area contributed by atoms with Crippen LogP contribution in [0.25, 0.3) is 0 Å². The molecule has 2 N–H and O–H groups in total. The van der Waals surface area contributed by atoms with Gasteiger partial charge in [-0.05, 0) is 19.4 Å². The van der Waals surface area contributed by atoms with Crippen molar-refractivity contribution in [2.45, 2.75) is 26.3 Å². The third-order valence-electron chi connectivity index (χ3n) is 3.60. The van der Waals surface area contributed by atoms with Gasteiger partial charge in [0, 0.05) is 12.5 Å². The van der Waals surface area contributed by atoms with Crippen LogP contribution in [0.15, 0.2) is 24.3 Å². The van der Waals surface area contributed by atoms with E-state index in [9.17, 15) is 4.79 Å². The Kier molecular flexibility index (Phi) is 3.31. The zero-order valence-corrected chi connectivity index (χ0v) is 10.4. The van der Waals surface area contributed by atoms with Crippen LogP contribution >= 0.6 is 0 Å². The first-order valence-electron chi connectivity index (χ1n) is 5.94. The van der Waals surface area contributed by atoms with Gasteiger partial charge in [0.1, 0.15) is 5.78 Å². The molecule has 2 atom stereocenters. The van der Waals surface area contributed by atoms with Crippen LogP contribution in [0, 0.1) is 12.3 Å². The molecule has 2 unspecified atom stereocenters. The van der Waals surface area contributed by atoms with E-state index in [0.29, 0.717) is 19.6 Å². The van der Waals surface area contributed by atoms with Gasteiger partial charge in [0.2, 0.25) is 0 Å². The molecule has 0 aliphatic carbocycles. The quantitative estimate of drug-likeness (QED) is 0.860. The lowest BCUT2D eigenvalue weighted by Crippen LogP contribution is -2.45. The molecule has 1 fully saturated rings. The summed E-state index contributed by atoms with van der Waals surface area (Å²) in [6.45, 7) is 4.86. The zero-order chi connectivity index (χ0) is 12.5. The molecule has 17 heavy (non-hydrogen) atoms. The summed E-state index contributed by atoms with van der Waals surface area (Å²) in [7, 11) is 0. The average Bonchev–Trinajstić information content (AvgIpc) is 2.60. The summed E-state index contributed by atoms with van der Waals surface area (Å²) in [5.41, 5.74) is 7.65. The Hall–Kier alpha value is -1.19. The van der Waals surface area contributed by atoms with E-state index < -0.39 is 5.41 Å². The van der Waals surface area contributed by atoms with Crippen molar-refractivity contribution < 1.29 is 9.53 Å². The molecule has 0 aromatic heterocycles. The van der Waals surface area contributed by atoms with Gasteiger partial charge in [-0.3, -0.25) is 4.79 Å². The molecule has 92 valence electrons. The van der Waals surface area contributed by atoms with E-state index in [1.807, 2.05) is 38.1 Å². The molecule has 1 heterocycles. The number of hydrogen-bond donors (Lipinski definition) is 1. The van der Waals surface area contributed by atoms with Gasteiger partial charge in [0.15, 0.2) is 0 Å². The Labute approximate surface area is 102 Å². The molecule has 1 aromatic carbocycles. The van der Waals surface area contributed by atoms with Crippen LogP contribution in [0.5, 0.6) is 0 Å². The predicted octanol–water partition coefficient (Wildman–Crippen LogP) is 1.47. The van der Waals surface area contributed by atoms with Gasteiger partial charge in [-0.15, -0.1) is 0 Å². The fourth-order valence-electron chi connectivity index (χ4n) is 2.19. The number of carbonyl (C=O) groups excluding carboxylic acids is 1. The number of nitrogens with two attached hydrogens (primary N) is 1. The first-order chi connectivity index (χ1) is 8.02. The van der Waals surface area contributed by atoms with Gasteiger partial charge in [-0.2, -0.15) is 0 Å². The van der Waals surface area contributed by atoms with Crippen LogP contribution in [0.3, 0.4) is 0 Å². The van der Waals surface area contributed by atoms with Crippen LogP contribution < -0.4 is 5.73 Å². The van der Waals surface area contributed by atoms with Crippen molar-refractivity contribution in [1.29, 1.82) is 0 Å². The third-order valence-corrected chi connectivity index (χ3v) is 3.60. The van der Waals surface area contributed by atoms with Gasteiger partial charge in [0.05, 0.1) is 18.6 Å². The Morgan fingerprint density at radius 2 is 2.35 bits per heavy atom. The molecule has 3 nitrogen and oxygen atoms in total. The standard InChI is InChI=1S/C14H19NO2/c1-10-4-3-5-11(6-10)7-13(16)14(2)9-17-8-12(14)15/h3-6,12H,7-9,15H2,1-2H3. The minimum Gasteiger partial charge on any atom is -0.379 e. The second-order valence-electron chi connectivity index (χ2n) is 5.13. The van der Waals surface area contributed by atoms with Crippen molar-refractivity contribution in [3.63, 3.8) is 0 Å². The maximum Gasteiger partial charge on any atom is 0.147 e. The monoisotopic (exact) mass is 233 g/mol. The Morgan fingerprint density at radius 1 is 1.59 bits per heavy atom. The van der Waals surface area contributed by atoms with Crippen LogP contribution in [0.4, 0.5) is 0 Å². The zero-order valence-electron chi connectivity index (χ0n) is 10.4. The second kappa shape index (κ2) is 4.59. The minimum atomic E-state index is -0.524. The van der Waals surface area contributed by atoms with Crippen molar-refractivity contribution >= 4 is 5.78 Å². The first-order valence-corrected chi connectivity index (χ1v) is 5.94. The summed E-state index contributed by atoms with van der Waals surface area (Å²) in [5.74, 6) is 0.174. The number of rotatable bonds is 3. The van der Waals surface area contributed by atoms with Gasteiger partial charge in [-0.1, -0.05) is 29.8 Å². The van der Waals surface area contributed by atoms with Crippen LogP contribution in [-0.2, 0) is 16.0 Å². The van der Waals surface area contributed by atoms with Crippen LogP contribution in [0.2, 0.25) is 0 Å². The van der Waals surface area contributed by atoms with Crippen molar-refractivity contribution in [2.75, 3.05) is 13.2 Å². The molecule has 0 bridgehead atoms. The Balaban J connectivity index is 2.12. The Morgan fingerprint density at radius 3 is 2.94 bits per heavy atom. The number of aryl methyl sites for hydroxylation is 1. The van der Waals surface area contributed by atoms with E-state index in [-0.39, 0.29) is 11.8 Å². The molecule has 0 amide bonds. The maximum absolute atomic E-state index is 12.3. The highest BCUT2D eigenvalue weighted by Crippen LogP contribution is 2.29. The van der Waals surface area contributed by atoms with E-state index in [1.165, 1.54) is 5.56 Å². The summed E-state index contributed by atoms with van der Waals surface area (Å²) in [6.07, 6.45) is 0.440. The van der Waals surface area contributed by atoms with E-state index in [0.717, 1.165) is 5.56 Å². The van der Waals surface area contributed by atoms with E-state index >= 15 is 0 Å². The largest absolute Gasteiger partial charge is 0.379 e. The molecule has 1 aliphatic rings. The maximum atomic E-state index is 12.3. The lowest BCUT2D eigenvalue weighted by atomic mass is 9.79. The summed E-state index contributed by atoms with van der Waals surface area (Å²) in [4.78, 5) is 12.3. The SMILES string of the molecule is Cc1cccc(CC(=O)C2(C)COCC2N)c1. The molecular formula is C14H19NO2. The van der Waals surface area contributed by atoms with Gasteiger partial charge in [-0.25, -0.2) is 0 Å². The van der Waals surface area contributed by atoms with Gasteiger partial charge < -0.3 is 10.5 Å². The highest BCUT2D eigenvalue weighted by atomic mass is 16.5. The highest BCUT2D eigenvalue weighted by Gasteiger charge is 2.43. The summed E-state index contributed by atoms with van der Waals surface area (Å²) in [5, 5.41) is 0. The molecule has 0 spiro atoms. The van der Waals surface area contributed by atoms with E-state index in [4.69, 9.17) is 10.5 Å². The molecule has 0 radical (unpaired) electrons. The minimum absolute atomic E-state index is 0.174. The molecule has 3 heteroatoms. The Bertz CT molecular complexity index is 430. The molecule has 1 saturated heterocycles. The summed E-state index contributed by atoms with van der Waals surface area (Å²) >= 11 is 0. The van der Waals surface area contributed by atoms with Gasteiger partial charge in [0.25, 0.3) is 0 Å². The topological polar surface area (TPSA) is 52.3 Å². The average molecular weight is 233 g/mol. The number of carbonyl (C=O) groups is 1. The van der Waals surface area contributed by atoms with Gasteiger partial charge >= 0.3 is 0 Å². The normalized spacial score (nSPS) is 28.3. The van der Waals surface area contributed by atoms with Crippen molar-refractivity contribution in [2.24, 2.45) is 11.1 Å². The van der Waals surface area contributed by atoms with Crippen LogP contribution in [-0.4, -0.2) is 25.0 Å². The van der Waals surface area contributed by atoms with Crippen molar-refractivity contribution in [1.82, 2.24) is 0 Å². The molecule has 1 aromatic rings. The predicted molar refractivity (Wildman–Crippen MR) is 66.8 cm³/mol. The summed E-state index contributed by atoms with van der Waals surface area (Å²) < 4.78 is 5.31. The number of hydrogen-bond acceptors (Lipinski definition) is 3. The fraction of sp³-hybridized carbons (Fsp3) is 0.500. The lowest BCUT2D eigenvalue weighted by Gasteiger charge is -2.25. The smallest absolute Gasteiger partial charge is 0.147 e. The fourth-order valence-corrected chi connectivity index (χ4v) is 2.19. The number of ketones is 1. The summed E-state index contributed by atoms with van der Waals surface area (Å²) in [6, 6.07) is 7.85. The molecule has 1 aliphatic heterocycles. The molecule has 0 saturated carbocycles. The van der Waals surface area contributed by atoms with E-state index in [2.05, 4.69) is 0 Å². The van der Waals surface area contributed by atoms with Crippen molar-refractivity contribution in [3.8, 4) is 0 Å². The molecular weight excluding hydrogens is 214 g/mol. The lowest BCUT2D eigenvalue weighted by molar-refractivity contribution is -0.127. The number of ether oxygens (including phenoxy) is 1. The highest BCUT2D eigenvalue weighted by molar-refractivity contribution is 5.87. The van der Waals surface area contributed by atoms with Crippen molar-refractivity contribution in [3.05, 3.63) is 35.4 Å². The molecule has 2 rings (SSSR count). The number of Topliss-reactive ketones (excluding diaryl/α,β-unsaturated/α-hetero) is 1. The van der Waals surface area contributed by atoms with E-state index in [1.54, 1.807) is 0 Å². The number of benzene rings is 1. The van der Waals surface area contributed by atoms with Crippen LogP contribution in [0.1, 0.15) is 18.1 Å². The second-order valence-corrected chi connectivity index (χ2v) is 5.13. The first kappa shape index (κ1) is 12.3.